The maximum absolute atomic E-state index is 2.47. The van der Waals surface area contributed by atoms with Gasteiger partial charge in [-0.05, 0) is 41.0 Å². The van der Waals surface area contributed by atoms with Crippen LogP contribution in [0.5, 0.6) is 0 Å². The van der Waals surface area contributed by atoms with Crippen LogP contribution in [0.4, 0.5) is 0 Å². The molecule has 106 valence electrons. The van der Waals surface area contributed by atoms with E-state index in [1.807, 2.05) is 0 Å². The normalized spacial score (nSPS) is 18.0. The summed E-state index contributed by atoms with van der Waals surface area (Å²) in [6, 6.07) is 21.6. The van der Waals surface area contributed by atoms with Gasteiger partial charge in [0.15, 0.2) is 0 Å². The van der Waals surface area contributed by atoms with E-state index in [-0.39, 0.29) is 0 Å². The highest BCUT2D eigenvalue weighted by atomic mass is 14.3. The van der Waals surface area contributed by atoms with Crippen LogP contribution in [-0.4, -0.2) is 0 Å². The summed E-state index contributed by atoms with van der Waals surface area (Å²) >= 11 is 0. The summed E-state index contributed by atoms with van der Waals surface area (Å²) < 4.78 is 0. The molecule has 2 aromatic rings. The van der Waals surface area contributed by atoms with E-state index < -0.39 is 0 Å². The molecule has 1 aliphatic rings. The van der Waals surface area contributed by atoms with Gasteiger partial charge in [-0.2, -0.15) is 0 Å². The smallest absolute Gasteiger partial charge is 0.000714 e. The van der Waals surface area contributed by atoms with Crippen LogP contribution in [0.15, 0.2) is 72.3 Å². The molecule has 0 bridgehead atoms. The Morgan fingerprint density at radius 1 is 0.762 bits per heavy atom. The Balaban J connectivity index is 2.16. The molecule has 0 fully saturated rings. The highest BCUT2D eigenvalue weighted by molar-refractivity contribution is 6.08. The van der Waals surface area contributed by atoms with Gasteiger partial charge in [0.2, 0.25) is 0 Å². The van der Waals surface area contributed by atoms with Crippen LogP contribution in [0.1, 0.15) is 37.8 Å². The fraction of sp³-hybridized carbons (Fsp3) is 0.238. The molecule has 0 saturated heterocycles. The van der Waals surface area contributed by atoms with Crippen molar-refractivity contribution in [1.29, 1.82) is 0 Å². The fourth-order valence-electron chi connectivity index (χ4n) is 3.35. The molecule has 1 unspecified atom stereocenters. The first-order valence-corrected chi connectivity index (χ1v) is 7.91. The third-order valence-corrected chi connectivity index (χ3v) is 4.37. The van der Waals surface area contributed by atoms with Gasteiger partial charge < -0.3 is 0 Å². The van der Waals surface area contributed by atoms with Gasteiger partial charge in [0.1, 0.15) is 0 Å². The molecule has 0 radical (unpaired) electrons. The Labute approximate surface area is 127 Å². The van der Waals surface area contributed by atoms with Gasteiger partial charge >= 0.3 is 0 Å². The van der Waals surface area contributed by atoms with Crippen LogP contribution in [0.25, 0.3) is 11.1 Å². The number of hydrogen-bond donors (Lipinski definition) is 0. The van der Waals surface area contributed by atoms with Gasteiger partial charge in [-0.1, -0.05) is 86.2 Å². The van der Waals surface area contributed by atoms with Crippen molar-refractivity contribution in [1.82, 2.24) is 0 Å². The van der Waals surface area contributed by atoms with E-state index in [2.05, 4.69) is 80.6 Å². The Hall–Kier alpha value is -2.08. The molecule has 0 aliphatic heterocycles. The number of hydrogen-bond acceptors (Lipinski definition) is 0. The molecule has 0 aromatic heterocycles. The highest BCUT2D eigenvalue weighted by Gasteiger charge is 2.25. The summed E-state index contributed by atoms with van der Waals surface area (Å²) in [6.45, 7) is 4.57. The largest absolute Gasteiger partial charge is 0.0688 e. The molecule has 0 saturated carbocycles. The third-order valence-electron chi connectivity index (χ3n) is 4.37. The van der Waals surface area contributed by atoms with Crippen molar-refractivity contribution in [3.63, 3.8) is 0 Å². The standard InChI is InChI=1S/C21H22/c1-3-16-15-20(17-11-7-5-8-12-17)21(19(16)4-2)18-13-9-6-10-14-18/h5-16H,3-4H2,1-2H3. The second-order valence-corrected chi connectivity index (χ2v) is 5.58. The van der Waals surface area contributed by atoms with Crippen LogP contribution in [0, 0.1) is 5.92 Å². The van der Waals surface area contributed by atoms with Crippen molar-refractivity contribution in [2.45, 2.75) is 26.7 Å². The average Bonchev–Trinajstić information content (AvgIpc) is 2.95. The minimum atomic E-state index is 0.584. The van der Waals surface area contributed by atoms with Crippen LogP contribution in [0.2, 0.25) is 0 Å². The lowest BCUT2D eigenvalue weighted by molar-refractivity contribution is 0.713. The maximum Gasteiger partial charge on any atom is -0.000714 e. The Kier molecular flexibility index (Phi) is 4.06. The second kappa shape index (κ2) is 6.13. The van der Waals surface area contributed by atoms with Gasteiger partial charge in [0.05, 0.1) is 0 Å². The zero-order valence-electron chi connectivity index (χ0n) is 12.8. The zero-order chi connectivity index (χ0) is 14.7. The molecule has 0 N–H and O–H groups in total. The second-order valence-electron chi connectivity index (χ2n) is 5.58. The van der Waals surface area contributed by atoms with Crippen LogP contribution >= 0.6 is 0 Å². The van der Waals surface area contributed by atoms with Crippen molar-refractivity contribution in [2.24, 2.45) is 5.92 Å². The van der Waals surface area contributed by atoms with E-state index in [4.69, 9.17) is 0 Å². The highest BCUT2D eigenvalue weighted by Crippen LogP contribution is 2.45. The SMILES string of the molecule is CCC1=C(c2ccccc2)C(c2ccccc2)=CC1CC. The van der Waals surface area contributed by atoms with E-state index in [1.165, 1.54) is 28.7 Å². The summed E-state index contributed by atoms with van der Waals surface area (Å²) in [5.74, 6) is 0.584. The van der Waals surface area contributed by atoms with Crippen molar-refractivity contribution in [2.75, 3.05) is 0 Å². The molecular formula is C21H22. The number of benzene rings is 2. The van der Waals surface area contributed by atoms with Crippen molar-refractivity contribution in [3.8, 4) is 0 Å². The topological polar surface area (TPSA) is 0 Å². The summed E-state index contributed by atoms with van der Waals surface area (Å²) in [5.41, 5.74) is 7.13. The first kappa shape index (κ1) is 13.9. The van der Waals surface area contributed by atoms with E-state index in [9.17, 15) is 0 Å². The monoisotopic (exact) mass is 274 g/mol. The quantitative estimate of drug-likeness (QED) is 0.644. The van der Waals surface area contributed by atoms with E-state index in [0.29, 0.717) is 5.92 Å². The molecular weight excluding hydrogens is 252 g/mol. The first-order chi connectivity index (χ1) is 10.3. The zero-order valence-corrected chi connectivity index (χ0v) is 12.8. The lowest BCUT2D eigenvalue weighted by Crippen LogP contribution is -1.96. The van der Waals surface area contributed by atoms with E-state index in [0.717, 1.165) is 6.42 Å². The summed E-state index contributed by atoms with van der Waals surface area (Å²) in [5, 5.41) is 0. The molecule has 0 heteroatoms. The minimum Gasteiger partial charge on any atom is -0.0688 e. The van der Waals surface area contributed by atoms with Crippen LogP contribution in [-0.2, 0) is 0 Å². The predicted molar refractivity (Wildman–Crippen MR) is 91.9 cm³/mol. The Morgan fingerprint density at radius 3 is 1.86 bits per heavy atom. The molecule has 0 nitrogen and oxygen atoms in total. The molecule has 0 amide bonds. The lowest BCUT2D eigenvalue weighted by atomic mass is 9.90. The minimum absolute atomic E-state index is 0.584. The average molecular weight is 274 g/mol. The van der Waals surface area contributed by atoms with E-state index in [1.54, 1.807) is 5.57 Å². The van der Waals surface area contributed by atoms with Crippen molar-refractivity contribution < 1.29 is 0 Å². The van der Waals surface area contributed by atoms with E-state index >= 15 is 0 Å². The molecule has 0 heterocycles. The molecule has 0 spiro atoms. The van der Waals surface area contributed by atoms with Crippen LogP contribution < -0.4 is 0 Å². The molecule has 21 heavy (non-hydrogen) atoms. The third kappa shape index (κ3) is 2.58. The summed E-state index contributed by atoms with van der Waals surface area (Å²) in [6.07, 6.45) is 4.77. The predicted octanol–water partition coefficient (Wildman–Crippen LogP) is 5.97. The van der Waals surface area contributed by atoms with Gasteiger partial charge in [-0.15, -0.1) is 0 Å². The van der Waals surface area contributed by atoms with Gasteiger partial charge in [-0.25, -0.2) is 0 Å². The summed E-state index contributed by atoms with van der Waals surface area (Å²) in [7, 11) is 0. The molecule has 3 rings (SSSR count). The maximum atomic E-state index is 2.47. The van der Waals surface area contributed by atoms with Crippen molar-refractivity contribution in [3.05, 3.63) is 83.4 Å². The first-order valence-electron chi connectivity index (χ1n) is 7.91. The fourth-order valence-corrected chi connectivity index (χ4v) is 3.35. The molecule has 1 aliphatic carbocycles. The lowest BCUT2D eigenvalue weighted by Gasteiger charge is -2.14. The van der Waals surface area contributed by atoms with Gasteiger partial charge in [0.25, 0.3) is 0 Å². The number of rotatable bonds is 4. The van der Waals surface area contributed by atoms with Crippen LogP contribution in [0.3, 0.4) is 0 Å². The molecule has 2 aromatic carbocycles. The van der Waals surface area contributed by atoms with Gasteiger partial charge in [-0.3, -0.25) is 0 Å². The van der Waals surface area contributed by atoms with Crippen molar-refractivity contribution >= 4 is 11.1 Å². The Morgan fingerprint density at radius 2 is 1.33 bits per heavy atom. The van der Waals surface area contributed by atoms with Gasteiger partial charge in [0, 0.05) is 0 Å². The number of allylic oxidation sites excluding steroid dienone is 4. The molecule has 1 atom stereocenters. The summed E-state index contributed by atoms with van der Waals surface area (Å²) in [4.78, 5) is 0. The Bertz CT molecular complexity index is 660.